The maximum atomic E-state index is 11.5. The van der Waals surface area contributed by atoms with Crippen molar-refractivity contribution in [2.45, 2.75) is 57.5 Å². The van der Waals surface area contributed by atoms with Gasteiger partial charge in [-0.2, -0.15) is 0 Å². The van der Waals surface area contributed by atoms with Gasteiger partial charge in [0.05, 0.1) is 0 Å². The predicted octanol–water partition coefficient (Wildman–Crippen LogP) is 0.783. The molecule has 1 saturated heterocycles. The zero-order valence-electron chi connectivity index (χ0n) is 13.2. The summed E-state index contributed by atoms with van der Waals surface area (Å²) >= 11 is 0. The van der Waals surface area contributed by atoms with E-state index in [1.807, 2.05) is 6.92 Å². The van der Waals surface area contributed by atoms with E-state index in [4.69, 9.17) is 5.73 Å². The molecule has 4 rings (SSSR count). The molecule has 6 nitrogen and oxygen atoms in total. The monoisotopic (exact) mass is 303 g/mol. The minimum absolute atomic E-state index is 0.0726. The highest BCUT2D eigenvalue weighted by atomic mass is 16.1. The number of piperidine rings is 1. The van der Waals surface area contributed by atoms with Gasteiger partial charge in [0, 0.05) is 24.4 Å². The van der Waals surface area contributed by atoms with Gasteiger partial charge in [0.1, 0.15) is 11.6 Å². The van der Waals surface area contributed by atoms with Gasteiger partial charge in [-0.1, -0.05) is 0 Å². The van der Waals surface area contributed by atoms with Crippen molar-refractivity contribution in [3.05, 3.63) is 11.6 Å². The maximum Gasteiger partial charge on any atom is 0.220 e. The largest absolute Gasteiger partial charge is 0.369 e. The average Bonchev–Trinajstić information content (AvgIpc) is 2.99. The molecule has 0 bridgehead atoms. The highest BCUT2D eigenvalue weighted by Crippen LogP contribution is 2.53. The predicted molar refractivity (Wildman–Crippen MR) is 81.9 cm³/mol. The Kier molecular flexibility index (Phi) is 3.25. The number of nitrogens with two attached hydrogens (primary N) is 1. The summed E-state index contributed by atoms with van der Waals surface area (Å²) < 4.78 is 2.25. The zero-order chi connectivity index (χ0) is 15.3. The molecule has 6 heteroatoms. The number of nitrogens with one attached hydrogen (secondary N) is 1. The summed E-state index contributed by atoms with van der Waals surface area (Å²) in [4.78, 5) is 11.5. The molecular formula is C16H25N5O. The van der Waals surface area contributed by atoms with Gasteiger partial charge in [-0.25, -0.2) is 0 Å². The number of hydrogen-bond acceptors (Lipinski definition) is 4. The van der Waals surface area contributed by atoms with E-state index < -0.39 is 0 Å². The van der Waals surface area contributed by atoms with E-state index in [2.05, 4.69) is 20.1 Å². The van der Waals surface area contributed by atoms with E-state index >= 15 is 0 Å². The van der Waals surface area contributed by atoms with Gasteiger partial charge >= 0.3 is 0 Å². The van der Waals surface area contributed by atoms with Crippen LogP contribution in [0.15, 0.2) is 0 Å². The second-order valence-electron chi connectivity index (χ2n) is 7.49. The number of carbonyl (C=O) groups excluding carboxylic acids is 1. The fraction of sp³-hybridized carbons (Fsp3) is 0.812. The van der Waals surface area contributed by atoms with E-state index in [-0.39, 0.29) is 17.4 Å². The van der Waals surface area contributed by atoms with Crippen molar-refractivity contribution in [3.63, 3.8) is 0 Å². The van der Waals surface area contributed by atoms with Crippen LogP contribution >= 0.6 is 0 Å². The Labute approximate surface area is 130 Å². The summed E-state index contributed by atoms with van der Waals surface area (Å²) in [5, 5.41) is 12.2. The summed E-state index contributed by atoms with van der Waals surface area (Å²) in [6, 6.07) is 0. The number of primary amides is 1. The van der Waals surface area contributed by atoms with Crippen molar-refractivity contribution in [2.24, 2.45) is 23.5 Å². The van der Waals surface area contributed by atoms with Crippen LogP contribution in [0.1, 0.15) is 43.8 Å². The van der Waals surface area contributed by atoms with Gasteiger partial charge in [-0.05, 0) is 57.4 Å². The van der Waals surface area contributed by atoms with Crippen LogP contribution in [0.4, 0.5) is 0 Å². The minimum atomic E-state index is -0.118. The van der Waals surface area contributed by atoms with Crippen LogP contribution in [-0.4, -0.2) is 32.8 Å². The summed E-state index contributed by atoms with van der Waals surface area (Å²) in [5.41, 5.74) is 5.72. The smallest absolute Gasteiger partial charge is 0.220 e. The maximum absolute atomic E-state index is 11.5. The van der Waals surface area contributed by atoms with Crippen molar-refractivity contribution in [2.75, 3.05) is 6.54 Å². The van der Waals surface area contributed by atoms with Crippen molar-refractivity contribution in [3.8, 4) is 0 Å². The lowest BCUT2D eigenvalue weighted by molar-refractivity contribution is -0.123. The molecule has 1 aliphatic carbocycles. The molecule has 3 N–H and O–H groups in total. The lowest BCUT2D eigenvalue weighted by Gasteiger charge is -2.31. The summed E-state index contributed by atoms with van der Waals surface area (Å²) in [7, 11) is 0. The van der Waals surface area contributed by atoms with Crippen LogP contribution in [0.3, 0.4) is 0 Å². The average molecular weight is 303 g/mol. The number of nitrogens with zero attached hydrogens (tertiary/aromatic N) is 3. The Morgan fingerprint density at radius 2 is 2.27 bits per heavy atom. The van der Waals surface area contributed by atoms with Crippen LogP contribution in [-0.2, 0) is 17.8 Å². The molecule has 3 aliphatic rings. The summed E-state index contributed by atoms with van der Waals surface area (Å²) in [6.45, 7) is 4.01. The van der Waals surface area contributed by atoms with E-state index in [9.17, 15) is 4.79 Å². The number of rotatable bonds is 3. The van der Waals surface area contributed by atoms with Crippen LogP contribution < -0.4 is 11.1 Å². The minimum Gasteiger partial charge on any atom is -0.369 e. The lowest BCUT2D eigenvalue weighted by Crippen LogP contribution is -2.45. The molecule has 2 fully saturated rings. The summed E-state index contributed by atoms with van der Waals surface area (Å²) in [6.07, 6.45) is 6.55. The third-order valence-corrected chi connectivity index (χ3v) is 6.08. The molecule has 2 aliphatic heterocycles. The van der Waals surface area contributed by atoms with Gasteiger partial charge < -0.3 is 15.6 Å². The Morgan fingerprint density at radius 3 is 3.09 bits per heavy atom. The van der Waals surface area contributed by atoms with Gasteiger partial charge in [0.2, 0.25) is 5.91 Å². The van der Waals surface area contributed by atoms with Crippen molar-refractivity contribution in [1.82, 2.24) is 20.1 Å². The quantitative estimate of drug-likeness (QED) is 0.864. The molecule has 1 amide bonds. The molecule has 1 spiro atoms. The normalized spacial score (nSPS) is 37.0. The summed E-state index contributed by atoms with van der Waals surface area (Å²) in [5.74, 6) is 3.55. The Hall–Kier alpha value is -1.43. The number of fused-ring (bicyclic) bond motifs is 1. The highest BCUT2D eigenvalue weighted by molar-refractivity contribution is 5.77. The lowest BCUT2D eigenvalue weighted by atomic mass is 9.85. The molecule has 1 saturated carbocycles. The molecule has 3 heterocycles. The fourth-order valence-electron chi connectivity index (χ4n) is 4.65. The first-order chi connectivity index (χ1) is 10.6. The third-order valence-electron chi connectivity index (χ3n) is 6.08. The van der Waals surface area contributed by atoms with Crippen LogP contribution in [0.5, 0.6) is 0 Å². The van der Waals surface area contributed by atoms with Crippen LogP contribution in [0.2, 0.25) is 0 Å². The van der Waals surface area contributed by atoms with Gasteiger partial charge in [0.15, 0.2) is 0 Å². The van der Waals surface area contributed by atoms with Crippen LogP contribution in [0.25, 0.3) is 0 Å². The van der Waals surface area contributed by atoms with Crippen molar-refractivity contribution >= 4 is 5.91 Å². The molecule has 1 aromatic heterocycles. The molecule has 0 aromatic carbocycles. The SMILES string of the molecule is Cc1nnc2n1CC[C@H](CC1CC13CC(C(N)=O)CCN3)C2. The number of hydrogen-bond donors (Lipinski definition) is 2. The first kappa shape index (κ1) is 14.2. The number of carbonyl (C=O) groups is 1. The second kappa shape index (κ2) is 5.05. The molecule has 120 valence electrons. The van der Waals surface area contributed by atoms with Crippen molar-refractivity contribution < 1.29 is 4.79 Å². The topological polar surface area (TPSA) is 85.8 Å². The van der Waals surface area contributed by atoms with E-state index in [0.29, 0.717) is 11.8 Å². The number of aryl methyl sites for hydroxylation is 1. The zero-order valence-corrected chi connectivity index (χ0v) is 13.2. The van der Waals surface area contributed by atoms with Gasteiger partial charge in [-0.3, -0.25) is 4.79 Å². The third kappa shape index (κ3) is 2.33. The second-order valence-corrected chi connectivity index (χ2v) is 7.49. The van der Waals surface area contributed by atoms with Crippen molar-refractivity contribution in [1.29, 1.82) is 0 Å². The number of aromatic nitrogens is 3. The van der Waals surface area contributed by atoms with E-state index in [0.717, 1.165) is 44.0 Å². The van der Waals surface area contributed by atoms with E-state index in [1.165, 1.54) is 19.3 Å². The van der Waals surface area contributed by atoms with Crippen LogP contribution in [0, 0.1) is 24.7 Å². The first-order valence-electron chi connectivity index (χ1n) is 8.50. The standard InChI is InChI=1S/C16H25N5O/c1-10-19-20-14-7-11(3-5-21(10)14)6-13-9-16(13)8-12(15(17)22)2-4-18-16/h11-13,18H,2-9H2,1H3,(H2,17,22)/t11-,12?,13?,16?/m1/s1. The van der Waals surface area contributed by atoms with Gasteiger partial charge in [-0.15, -0.1) is 10.2 Å². The molecule has 3 unspecified atom stereocenters. The Morgan fingerprint density at radius 1 is 1.41 bits per heavy atom. The Bertz CT molecular complexity index is 597. The highest BCUT2D eigenvalue weighted by Gasteiger charge is 2.56. The molecule has 22 heavy (non-hydrogen) atoms. The van der Waals surface area contributed by atoms with E-state index in [1.54, 1.807) is 0 Å². The number of amides is 1. The molecule has 0 radical (unpaired) electrons. The first-order valence-corrected chi connectivity index (χ1v) is 8.50. The Balaban J connectivity index is 1.37. The van der Waals surface area contributed by atoms with Gasteiger partial charge in [0.25, 0.3) is 0 Å². The molecular weight excluding hydrogens is 278 g/mol. The molecule has 1 aromatic rings. The molecule has 4 atom stereocenters. The fourth-order valence-corrected chi connectivity index (χ4v) is 4.65.